The van der Waals surface area contributed by atoms with E-state index in [2.05, 4.69) is 31.7 Å². The first-order valence-electron chi connectivity index (χ1n) is 11.5. The number of piperidine rings is 1. The molecular weight excluding hydrogens is 378 g/mol. The normalized spacial score (nSPS) is 40.2. The summed E-state index contributed by atoms with van der Waals surface area (Å²) in [5, 5.41) is 0. The summed E-state index contributed by atoms with van der Waals surface area (Å²) >= 11 is 0. The van der Waals surface area contributed by atoms with Crippen molar-refractivity contribution in [3.63, 3.8) is 0 Å². The number of hydrogen-bond donors (Lipinski definition) is 0. The summed E-state index contributed by atoms with van der Waals surface area (Å²) in [6.07, 6.45) is 4.71. The van der Waals surface area contributed by atoms with Crippen LogP contribution in [0.2, 0.25) is 0 Å². The zero-order valence-electron chi connectivity index (χ0n) is 18.9. The standard InChI is InChI=1S/C25H35NO4/c1-14-6-9-19(28-4)23-20(14)25-10-11-26(12-17-7-8-17)16(3)21(25)18(13-27)15(2)22(29-5)24(25)30-23/h6,9,13,15-18,21-22,24H,7-8,10-12H2,1-5H3/t15-,16?,18?,21?,22?,24-,25?/m0/s1. The van der Waals surface area contributed by atoms with E-state index in [1.165, 1.54) is 30.3 Å². The molecule has 0 amide bonds. The number of ether oxygens (including phenoxy) is 3. The first-order valence-corrected chi connectivity index (χ1v) is 11.5. The average molecular weight is 414 g/mol. The molecule has 5 nitrogen and oxygen atoms in total. The van der Waals surface area contributed by atoms with Crippen molar-refractivity contribution >= 4 is 6.29 Å². The van der Waals surface area contributed by atoms with E-state index in [-0.39, 0.29) is 35.4 Å². The van der Waals surface area contributed by atoms with Crippen LogP contribution >= 0.6 is 0 Å². The SMILES string of the molecule is COc1ccc(C)c2c1O[C@H]1C(OC)[C@@H](C)C(C=O)C3C(C)N(CC4CC4)CCC231. The largest absolute Gasteiger partial charge is 0.493 e. The number of carbonyl (C=O) groups excluding carboxylic acids is 1. The Hall–Kier alpha value is -1.59. The van der Waals surface area contributed by atoms with Crippen LogP contribution in [0.15, 0.2) is 12.1 Å². The lowest BCUT2D eigenvalue weighted by atomic mass is 9.49. The minimum atomic E-state index is -0.216. The fourth-order valence-electron chi connectivity index (χ4n) is 7.16. The molecule has 2 heterocycles. The Balaban J connectivity index is 1.69. The fraction of sp³-hybridized carbons (Fsp3) is 0.720. The highest BCUT2D eigenvalue weighted by Crippen LogP contribution is 2.63. The van der Waals surface area contributed by atoms with Crippen molar-refractivity contribution in [2.75, 3.05) is 27.3 Å². The molecule has 0 bridgehead atoms. The van der Waals surface area contributed by atoms with E-state index in [4.69, 9.17) is 14.2 Å². The number of carbonyl (C=O) groups is 1. The second-order valence-corrected chi connectivity index (χ2v) is 10.1. The third-order valence-corrected chi connectivity index (χ3v) is 8.73. The van der Waals surface area contributed by atoms with Gasteiger partial charge in [0.05, 0.1) is 13.2 Å². The molecule has 0 radical (unpaired) electrons. The van der Waals surface area contributed by atoms with Crippen LogP contribution in [0.5, 0.6) is 11.5 Å². The molecule has 4 aliphatic rings. The molecule has 164 valence electrons. The molecule has 2 aliphatic carbocycles. The van der Waals surface area contributed by atoms with Gasteiger partial charge in [-0.05, 0) is 69.0 Å². The predicted octanol–water partition coefficient (Wildman–Crippen LogP) is 3.60. The van der Waals surface area contributed by atoms with Gasteiger partial charge in [0, 0.05) is 36.6 Å². The quantitative estimate of drug-likeness (QED) is 0.691. The molecule has 5 rings (SSSR count). The van der Waals surface area contributed by atoms with Crippen molar-refractivity contribution in [1.82, 2.24) is 4.90 Å². The van der Waals surface area contributed by atoms with Gasteiger partial charge < -0.3 is 23.9 Å². The van der Waals surface area contributed by atoms with E-state index in [0.717, 1.165) is 36.9 Å². The van der Waals surface area contributed by atoms with Gasteiger partial charge >= 0.3 is 0 Å². The van der Waals surface area contributed by atoms with Gasteiger partial charge in [-0.1, -0.05) is 13.0 Å². The van der Waals surface area contributed by atoms with Gasteiger partial charge in [0.2, 0.25) is 0 Å². The second-order valence-electron chi connectivity index (χ2n) is 10.1. The minimum Gasteiger partial charge on any atom is -0.493 e. The highest BCUT2D eigenvalue weighted by molar-refractivity contribution is 5.63. The summed E-state index contributed by atoms with van der Waals surface area (Å²) in [5.74, 6) is 2.77. The molecule has 0 aromatic heterocycles. The number of likely N-dealkylation sites (tertiary alicyclic amines) is 1. The van der Waals surface area contributed by atoms with Crippen molar-refractivity contribution in [3.05, 3.63) is 23.3 Å². The number of aryl methyl sites for hydroxylation is 1. The number of methoxy groups -OCH3 is 2. The Kier molecular flexibility index (Phi) is 4.90. The smallest absolute Gasteiger partial charge is 0.165 e. The third-order valence-electron chi connectivity index (χ3n) is 8.73. The van der Waals surface area contributed by atoms with Gasteiger partial charge in [0.15, 0.2) is 11.5 Å². The van der Waals surface area contributed by atoms with Crippen LogP contribution in [-0.4, -0.2) is 56.7 Å². The molecule has 1 aromatic rings. The zero-order valence-corrected chi connectivity index (χ0v) is 18.9. The molecule has 30 heavy (non-hydrogen) atoms. The summed E-state index contributed by atoms with van der Waals surface area (Å²) in [7, 11) is 3.47. The van der Waals surface area contributed by atoms with E-state index in [1.54, 1.807) is 14.2 Å². The van der Waals surface area contributed by atoms with Crippen molar-refractivity contribution in [3.8, 4) is 11.5 Å². The molecule has 1 spiro atoms. The molecule has 3 fully saturated rings. The van der Waals surface area contributed by atoms with Crippen LogP contribution in [0.25, 0.3) is 0 Å². The van der Waals surface area contributed by atoms with Gasteiger partial charge in [-0.3, -0.25) is 0 Å². The van der Waals surface area contributed by atoms with Crippen LogP contribution < -0.4 is 9.47 Å². The Bertz CT molecular complexity index is 837. The van der Waals surface area contributed by atoms with Gasteiger partial charge in [0.1, 0.15) is 12.4 Å². The van der Waals surface area contributed by atoms with Crippen molar-refractivity contribution in [2.24, 2.45) is 23.7 Å². The van der Waals surface area contributed by atoms with Crippen LogP contribution in [0, 0.1) is 30.6 Å². The predicted molar refractivity (Wildman–Crippen MR) is 115 cm³/mol. The van der Waals surface area contributed by atoms with E-state index in [1.807, 2.05) is 6.07 Å². The summed E-state index contributed by atoms with van der Waals surface area (Å²) in [5.41, 5.74) is 2.28. The Morgan fingerprint density at radius 1 is 1.27 bits per heavy atom. The average Bonchev–Trinajstić information content (AvgIpc) is 3.49. The van der Waals surface area contributed by atoms with Crippen molar-refractivity contribution in [1.29, 1.82) is 0 Å². The van der Waals surface area contributed by atoms with Crippen molar-refractivity contribution < 1.29 is 19.0 Å². The highest BCUT2D eigenvalue weighted by atomic mass is 16.6. The van der Waals surface area contributed by atoms with Gasteiger partial charge in [-0.25, -0.2) is 0 Å². The summed E-state index contributed by atoms with van der Waals surface area (Å²) in [6, 6.07) is 4.48. The number of aldehydes is 1. The fourth-order valence-corrected chi connectivity index (χ4v) is 7.16. The lowest BCUT2D eigenvalue weighted by Gasteiger charge is -2.59. The maximum atomic E-state index is 12.5. The van der Waals surface area contributed by atoms with Crippen molar-refractivity contribution in [2.45, 2.75) is 63.7 Å². The molecule has 2 saturated carbocycles. The number of benzene rings is 1. The van der Waals surface area contributed by atoms with E-state index in [9.17, 15) is 4.79 Å². The van der Waals surface area contributed by atoms with Crippen LogP contribution in [0.4, 0.5) is 0 Å². The summed E-state index contributed by atoms with van der Waals surface area (Å²) in [4.78, 5) is 15.2. The Labute approximate surface area is 180 Å². The zero-order chi connectivity index (χ0) is 21.2. The molecule has 5 heteroatoms. The molecular formula is C25H35NO4. The lowest BCUT2D eigenvalue weighted by Crippen LogP contribution is -2.69. The van der Waals surface area contributed by atoms with Crippen LogP contribution in [0.1, 0.15) is 44.2 Å². The lowest BCUT2D eigenvalue weighted by molar-refractivity contribution is -0.163. The molecule has 5 unspecified atom stereocenters. The minimum absolute atomic E-state index is 0.0524. The maximum absolute atomic E-state index is 12.5. The first-order chi connectivity index (χ1) is 14.5. The molecule has 2 aliphatic heterocycles. The van der Waals surface area contributed by atoms with Gasteiger partial charge in [0.25, 0.3) is 0 Å². The van der Waals surface area contributed by atoms with E-state index in [0.29, 0.717) is 6.04 Å². The molecule has 0 N–H and O–H groups in total. The van der Waals surface area contributed by atoms with E-state index >= 15 is 0 Å². The third kappa shape index (κ3) is 2.64. The number of fused-ring (bicyclic) bond motifs is 1. The monoisotopic (exact) mass is 413 g/mol. The van der Waals surface area contributed by atoms with Crippen LogP contribution in [0.3, 0.4) is 0 Å². The summed E-state index contributed by atoms with van der Waals surface area (Å²) in [6.45, 7) is 8.89. The molecule has 1 aromatic carbocycles. The highest BCUT2D eigenvalue weighted by Gasteiger charge is 2.67. The Morgan fingerprint density at radius 2 is 2.03 bits per heavy atom. The number of rotatable bonds is 5. The Morgan fingerprint density at radius 3 is 2.67 bits per heavy atom. The first kappa shape index (κ1) is 20.3. The van der Waals surface area contributed by atoms with Gasteiger partial charge in [-0.2, -0.15) is 0 Å². The van der Waals surface area contributed by atoms with E-state index < -0.39 is 0 Å². The molecule has 1 saturated heterocycles. The second kappa shape index (κ2) is 7.23. The van der Waals surface area contributed by atoms with Crippen LogP contribution in [-0.2, 0) is 14.9 Å². The maximum Gasteiger partial charge on any atom is 0.165 e. The topological polar surface area (TPSA) is 48.0 Å². The van der Waals surface area contributed by atoms with Gasteiger partial charge in [-0.15, -0.1) is 0 Å². The summed E-state index contributed by atoms with van der Waals surface area (Å²) < 4.78 is 18.5. The number of nitrogens with zero attached hydrogens (tertiary/aromatic N) is 1. The number of hydrogen-bond acceptors (Lipinski definition) is 5. The molecule has 7 atom stereocenters.